The molecule has 2 aromatic carbocycles. The van der Waals surface area contributed by atoms with E-state index in [4.69, 9.17) is 0 Å². The van der Waals surface area contributed by atoms with Crippen LogP contribution in [0.3, 0.4) is 0 Å². The smallest absolute Gasteiger partial charge is 0.239 e. The van der Waals surface area contributed by atoms with Crippen LogP contribution in [0.1, 0.15) is 12.0 Å². The maximum Gasteiger partial charge on any atom is 0.239 e. The summed E-state index contributed by atoms with van der Waals surface area (Å²) in [6.45, 7) is 2.16. The first-order valence-corrected chi connectivity index (χ1v) is 7.49. The van der Waals surface area contributed by atoms with Crippen molar-refractivity contribution in [2.24, 2.45) is 5.92 Å². The van der Waals surface area contributed by atoms with Gasteiger partial charge in [-0.25, -0.2) is 4.39 Å². The predicted molar refractivity (Wildman–Crippen MR) is 86.7 cm³/mol. The van der Waals surface area contributed by atoms with Gasteiger partial charge in [0.25, 0.3) is 0 Å². The summed E-state index contributed by atoms with van der Waals surface area (Å²) >= 11 is 0. The number of nitrogens with one attached hydrogen (secondary N) is 1. The van der Waals surface area contributed by atoms with Crippen molar-refractivity contribution in [1.82, 2.24) is 0 Å². The van der Waals surface area contributed by atoms with Crippen molar-refractivity contribution < 1.29 is 14.0 Å². The van der Waals surface area contributed by atoms with E-state index in [2.05, 4.69) is 5.32 Å². The quantitative estimate of drug-likeness (QED) is 0.885. The molecule has 0 bridgehead atoms. The Labute approximate surface area is 133 Å². The van der Waals surface area contributed by atoms with Gasteiger partial charge in [0, 0.05) is 17.9 Å². The lowest BCUT2D eigenvalue weighted by atomic mass is 10.1. The van der Waals surface area contributed by atoms with Crippen molar-refractivity contribution in [3.8, 4) is 0 Å². The Bertz CT molecular complexity index is 746. The van der Waals surface area contributed by atoms with Gasteiger partial charge >= 0.3 is 0 Å². The largest absolute Gasteiger partial charge is 0.325 e. The van der Waals surface area contributed by atoms with Gasteiger partial charge in [0.15, 0.2) is 0 Å². The molecule has 1 heterocycles. The Morgan fingerprint density at radius 1 is 1.22 bits per heavy atom. The van der Waals surface area contributed by atoms with Crippen molar-refractivity contribution in [2.75, 3.05) is 16.8 Å². The highest BCUT2D eigenvalue weighted by atomic mass is 19.1. The van der Waals surface area contributed by atoms with E-state index in [9.17, 15) is 14.0 Å². The standard InChI is InChI=1S/C18H17FN2O2/c1-12-7-8-13(11-16(12)19)20-17(22)15-9-10-21(18(15)23)14-5-3-2-4-6-14/h2-8,11,15H,9-10H2,1H3,(H,20,22)/t15-/m0/s1. The topological polar surface area (TPSA) is 49.4 Å². The van der Waals surface area contributed by atoms with E-state index in [0.29, 0.717) is 24.2 Å². The van der Waals surface area contributed by atoms with Crippen molar-refractivity contribution in [3.63, 3.8) is 0 Å². The summed E-state index contributed by atoms with van der Waals surface area (Å²) in [5, 5.41) is 2.63. The molecule has 1 fully saturated rings. The number of nitrogens with zero attached hydrogens (tertiary/aromatic N) is 1. The van der Waals surface area contributed by atoms with E-state index in [1.807, 2.05) is 30.3 Å². The second kappa shape index (κ2) is 6.20. The highest BCUT2D eigenvalue weighted by Crippen LogP contribution is 2.26. The van der Waals surface area contributed by atoms with Crippen molar-refractivity contribution in [2.45, 2.75) is 13.3 Å². The van der Waals surface area contributed by atoms with Crippen LogP contribution >= 0.6 is 0 Å². The molecule has 3 rings (SSSR count). The fourth-order valence-corrected chi connectivity index (χ4v) is 2.69. The summed E-state index contributed by atoms with van der Waals surface area (Å²) in [6.07, 6.45) is 0.452. The van der Waals surface area contributed by atoms with Crippen LogP contribution in [-0.4, -0.2) is 18.4 Å². The normalized spacial score (nSPS) is 17.4. The van der Waals surface area contributed by atoms with Crippen molar-refractivity contribution in [3.05, 3.63) is 59.9 Å². The van der Waals surface area contributed by atoms with Gasteiger partial charge in [0.2, 0.25) is 11.8 Å². The van der Waals surface area contributed by atoms with Gasteiger partial charge < -0.3 is 10.2 Å². The number of carbonyl (C=O) groups excluding carboxylic acids is 2. The highest BCUT2D eigenvalue weighted by Gasteiger charge is 2.37. The number of para-hydroxylation sites is 1. The third-order valence-electron chi connectivity index (χ3n) is 4.03. The number of aryl methyl sites for hydroxylation is 1. The van der Waals surface area contributed by atoms with Crippen LogP contribution in [0, 0.1) is 18.7 Å². The first kappa shape index (κ1) is 15.2. The lowest BCUT2D eigenvalue weighted by molar-refractivity contribution is -0.129. The molecule has 1 aliphatic heterocycles. The number of anilines is 2. The summed E-state index contributed by atoms with van der Waals surface area (Å²) in [7, 11) is 0. The Hall–Kier alpha value is -2.69. The van der Waals surface area contributed by atoms with E-state index in [1.165, 1.54) is 6.07 Å². The van der Waals surface area contributed by atoms with Crippen LogP contribution in [-0.2, 0) is 9.59 Å². The summed E-state index contributed by atoms with van der Waals surface area (Å²) in [5.74, 6) is -1.73. The molecule has 1 N–H and O–H groups in total. The first-order chi connectivity index (χ1) is 11.1. The zero-order chi connectivity index (χ0) is 16.4. The number of amides is 2. The van der Waals surface area contributed by atoms with E-state index in [0.717, 1.165) is 5.69 Å². The minimum Gasteiger partial charge on any atom is -0.325 e. The molecule has 0 radical (unpaired) electrons. The van der Waals surface area contributed by atoms with Gasteiger partial charge in [-0.2, -0.15) is 0 Å². The van der Waals surface area contributed by atoms with Crippen LogP contribution in [0.5, 0.6) is 0 Å². The van der Waals surface area contributed by atoms with E-state index >= 15 is 0 Å². The molecule has 1 atom stereocenters. The monoisotopic (exact) mass is 312 g/mol. The summed E-state index contributed by atoms with van der Waals surface area (Å²) < 4.78 is 13.5. The molecule has 1 saturated heterocycles. The van der Waals surface area contributed by atoms with E-state index < -0.39 is 11.8 Å². The predicted octanol–water partition coefficient (Wildman–Crippen LogP) is 3.13. The van der Waals surface area contributed by atoms with E-state index in [1.54, 1.807) is 24.0 Å². The average molecular weight is 312 g/mol. The van der Waals surface area contributed by atoms with E-state index in [-0.39, 0.29) is 11.7 Å². The summed E-state index contributed by atoms with van der Waals surface area (Å²) in [4.78, 5) is 26.4. The van der Waals surface area contributed by atoms with Gasteiger partial charge in [-0.15, -0.1) is 0 Å². The Morgan fingerprint density at radius 2 is 1.96 bits per heavy atom. The average Bonchev–Trinajstić information content (AvgIpc) is 2.93. The second-order valence-electron chi connectivity index (χ2n) is 5.62. The molecule has 1 aliphatic rings. The van der Waals surface area contributed by atoms with Gasteiger partial charge in [-0.05, 0) is 43.2 Å². The van der Waals surface area contributed by atoms with Crippen LogP contribution < -0.4 is 10.2 Å². The number of benzene rings is 2. The zero-order valence-electron chi connectivity index (χ0n) is 12.8. The molecule has 2 aromatic rings. The maximum absolute atomic E-state index is 13.5. The van der Waals surface area contributed by atoms with Gasteiger partial charge in [0.1, 0.15) is 11.7 Å². The minimum absolute atomic E-state index is 0.221. The molecule has 118 valence electrons. The lowest BCUT2D eigenvalue weighted by Crippen LogP contribution is -2.33. The van der Waals surface area contributed by atoms with Crippen molar-refractivity contribution in [1.29, 1.82) is 0 Å². The first-order valence-electron chi connectivity index (χ1n) is 7.49. The molecule has 0 unspecified atom stereocenters. The maximum atomic E-state index is 13.5. The molecule has 0 spiro atoms. The summed E-state index contributed by atoms with van der Waals surface area (Å²) in [5.41, 5.74) is 1.66. The number of rotatable bonds is 3. The second-order valence-corrected chi connectivity index (χ2v) is 5.62. The van der Waals surface area contributed by atoms with Crippen LogP contribution in [0.2, 0.25) is 0 Å². The fourth-order valence-electron chi connectivity index (χ4n) is 2.69. The Kier molecular flexibility index (Phi) is 4.10. The molecule has 4 nitrogen and oxygen atoms in total. The molecule has 2 amide bonds. The van der Waals surface area contributed by atoms with Gasteiger partial charge in [0.05, 0.1) is 0 Å². The van der Waals surface area contributed by atoms with Crippen LogP contribution in [0.4, 0.5) is 15.8 Å². The molecule has 0 saturated carbocycles. The van der Waals surface area contributed by atoms with Gasteiger partial charge in [-0.3, -0.25) is 9.59 Å². The fraction of sp³-hybridized carbons (Fsp3) is 0.222. The molecule has 0 aromatic heterocycles. The third-order valence-corrected chi connectivity index (χ3v) is 4.03. The SMILES string of the molecule is Cc1ccc(NC(=O)[C@@H]2CCN(c3ccccc3)C2=O)cc1F. The minimum atomic E-state index is -0.737. The molecule has 0 aliphatic carbocycles. The highest BCUT2D eigenvalue weighted by molar-refractivity contribution is 6.13. The van der Waals surface area contributed by atoms with Crippen LogP contribution in [0.25, 0.3) is 0 Å². The number of hydrogen-bond acceptors (Lipinski definition) is 2. The molecule has 5 heteroatoms. The Balaban J connectivity index is 1.71. The number of carbonyl (C=O) groups is 2. The van der Waals surface area contributed by atoms with Gasteiger partial charge in [-0.1, -0.05) is 24.3 Å². The molecule has 23 heavy (non-hydrogen) atoms. The zero-order valence-corrected chi connectivity index (χ0v) is 12.8. The third kappa shape index (κ3) is 3.08. The Morgan fingerprint density at radius 3 is 2.65 bits per heavy atom. The van der Waals surface area contributed by atoms with Crippen molar-refractivity contribution >= 4 is 23.2 Å². The number of hydrogen-bond donors (Lipinski definition) is 1. The molecular weight excluding hydrogens is 295 g/mol. The molecular formula is C18H17FN2O2. The van der Waals surface area contributed by atoms with Crippen LogP contribution in [0.15, 0.2) is 48.5 Å². The number of halogens is 1. The lowest BCUT2D eigenvalue weighted by Gasteiger charge is -2.16. The summed E-state index contributed by atoms with van der Waals surface area (Å²) in [6, 6.07) is 13.8.